The molecule has 0 radical (unpaired) electrons. The summed E-state index contributed by atoms with van der Waals surface area (Å²) in [6, 6.07) is -1.28. The zero-order valence-electron chi connectivity index (χ0n) is 23.7. The highest BCUT2D eigenvalue weighted by Gasteiger charge is 2.78. The minimum Gasteiger partial charge on any atom is -0.461 e. The molecular formula is C29H46N2O5S. The molecule has 8 heteroatoms. The average Bonchev–Trinajstić information content (AvgIpc) is 3.36. The Kier molecular flexibility index (Phi) is 8.36. The van der Waals surface area contributed by atoms with Crippen molar-refractivity contribution in [1.29, 1.82) is 0 Å². The molecule has 7 nitrogen and oxygen atoms in total. The molecule has 37 heavy (non-hydrogen) atoms. The summed E-state index contributed by atoms with van der Waals surface area (Å²) in [5, 5.41) is 10.3. The van der Waals surface area contributed by atoms with Crippen LogP contribution in [0.25, 0.3) is 0 Å². The van der Waals surface area contributed by atoms with E-state index in [1.165, 1.54) is 6.08 Å². The molecule has 0 saturated carbocycles. The van der Waals surface area contributed by atoms with Crippen LogP contribution in [0, 0.1) is 17.3 Å². The summed E-state index contributed by atoms with van der Waals surface area (Å²) in [6.45, 7) is 22.3. The van der Waals surface area contributed by atoms with E-state index in [-0.39, 0.29) is 30.4 Å². The molecule has 3 heterocycles. The normalized spacial score (nSPS) is 31.7. The van der Waals surface area contributed by atoms with Crippen molar-refractivity contribution in [1.82, 2.24) is 9.80 Å². The van der Waals surface area contributed by atoms with Gasteiger partial charge in [-0.2, -0.15) is 0 Å². The third kappa shape index (κ3) is 5.00. The predicted molar refractivity (Wildman–Crippen MR) is 148 cm³/mol. The maximum absolute atomic E-state index is 14.7. The van der Waals surface area contributed by atoms with Gasteiger partial charge in [0.25, 0.3) is 0 Å². The van der Waals surface area contributed by atoms with E-state index < -0.39 is 44.9 Å². The van der Waals surface area contributed by atoms with Gasteiger partial charge in [-0.1, -0.05) is 46.4 Å². The van der Waals surface area contributed by atoms with Crippen LogP contribution < -0.4 is 0 Å². The summed E-state index contributed by atoms with van der Waals surface area (Å²) in [7, 11) is 0. The fourth-order valence-corrected chi connectivity index (χ4v) is 9.67. The highest BCUT2D eigenvalue weighted by atomic mass is 32.2. The summed E-state index contributed by atoms with van der Waals surface area (Å²) >= 11 is 1.62. The van der Waals surface area contributed by atoms with E-state index in [0.717, 1.165) is 12.8 Å². The molecule has 0 aromatic carbocycles. The van der Waals surface area contributed by atoms with Crippen molar-refractivity contribution in [3.63, 3.8) is 0 Å². The van der Waals surface area contributed by atoms with Crippen molar-refractivity contribution in [3.05, 3.63) is 25.3 Å². The first-order valence-corrected chi connectivity index (χ1v) is 14.3. The van der Waals surface area contributed by atoms with Crippen LogP contribution in [0.4, 0.5) is 0 Å². The Morgan fingerprint density at radius 3 is 2.41 bits per heavy atom. The number of nitrogens with zero attached hydrogens (tertiary/aromatic N) is 2. The smallest absolute Gasteiger partial charge is 0.311 e. The summed E-state index contributed by atoms with van der Waals surface area (Å²) in [5.74, 6) is -2.07. The van der Waals surface area contributed by atoms with Crippen molar-refractivity contribution < 1.29 is 24.2 Å². The van der Waals surface area contributed by atoms with Gasteiger partial charge in [0.1, 0.15) is 12.6 Å². The molecule has 208 valence electrons. The number of esters is 1. The molecule has 3 fully saturated rings. The highest BCUT2D eigenvalue weighted by Crippen LogP contribution is 2.72. The van der Waals surface area contributed by atoms with E-state index in [0.29, 0.717) is 19.4 Å². The summed E-state index contributed by atoms with van der Waals surface area (Å²) in [4.78, 5) is 45.7. The minimum atomic E-state index is -0.773. The molecular weight excluding hydrogens is 488 g/mol. The quantitative estimate of drug-likeness (QED) is 0.316. The van der Waals surface area contributed by atoms with E-state index in [4.69, 9.17) is 4.74 Å². The summed E-state index contributed by atoms with van der Waals surface area (Å²) in [6.07, 6.45) is 5.90. The van der Waals surface area contributed by atoms with Gasteiger partial charge >= 0.3 is 5.97 Å². The molecule has 6 atom stereocenters. The minimum absolute atomic E-state index is 0.0275. The van der Waals surface area contributed by atoms with Gasteiger partial charge in [0, 0.05) is 16.8 Å². The maximum atomic E-state index is 14.7. The second-order valence-corrected chi connectivity index (χ2v) is 14.8. The van der Waals surface area contributed by atoms with Gasteiger partial charge in [-0.25, -0.2) is 0 Å². The van der Waals surface area contributed by atoms with Crippen LogP contribution in [0.5, 0.6) is 0 Å². The van der Waals surface area contributed by atoms with Crippen LogP contribution in [-0.4, -0.2) is 79.6 Å². The monoisotopic (exact) mass is 534 g/mol. The summed E-state index contributed by atoms with van der Waals surface area (Å²) in [5.41, 5.74) is -0.526. The Morgan fingerprint density at radius 1 is 1.24 bits per heavy atom. The van der Waals surface area contributed by atoms with Crippen molar-refractivity contribution in [2.24, 2.45) is 17.3 Å². The second-order valence-electron chi connectivity index (χ2n) is 12.9. The first kappa shape index (κ1) is 29.8. The van der Waals surface area contributed by atoms with E-state index in [1.807, 2.05) is 18.7 Å². The maximum Gasteiger partial charge on any atom is 0.311 e. The molecule has 2 unspecified atom stereocenters. The number of amides is 2. The van der Waals surface area contributed by atoms with Gasteiger partial charge < -0.3 is 19.6 Å². The fraction of sp³-hybridized carbons (Fsp3) is 0.759. The Bertz CT molecular complexity index is 939. The predicted octanol–water partition coefficient (Wildman–Crippen LogP) is 4.20. The Hall–Kier alpha value is -1.80. The Morgan fingerprint density at radius 2 is 1.89 bits per heavy atom. The van der Waals surface area contributed by atoms with Gasteiger partial charge in [-0.3, -0.25) is 14.4 Å². The first-order valence-electron chi connectivity index (χ1n) is 13.5. The van der Waals surface area contributed by atoms with Crippen molar-refractivity contribution >= 4 is 29.5 Å². The molecule has 3 rings (SSSR count). The molecule has 0 aromatic heterocycles. The lowest BCUT2D eigenvalue weighted by molar-refractivity contribution is -0.155. The first-order chi connectivity index (χ1) is 17.1. The molecule has 0 aromatic rings. The van der Waals surface area contributed by atoms with Crippen LogP contribution in [0.15, 0.2) is 25.3 Å². The van der Waals surface area contributed by atoms with E-state index >= 15 is 0 Å². The number of likely N-dealkylation sites (tertiary alicyclic amines) is 1. The average molecular weight is 535 g/mol. The molecule has 2 amide bonds. The van der Waals surface area contributed by atoms with Crippen LogP contribution in [0.3, 0.4) is 0 Å². The van der Waals surface area contributed by atoms with Gasteiger partial charge in [-0.15, -0.1) is 18.3 Å². The van der Waals surface area contributed by atoms with Crippen molar-refractivity contribution in [2.45, 2.75) is 101 Å². The van der Waals surface area contributed by atoms with Crippen LogP contribution in [0.2, 0.25) is 0 Å². The number of hydrogen-bond donors (Lipinski definition) is 1. The number of carbonyl (C=O) groups is 3. The lowest BCUT2D eigenvalue weighted by Gasteiger charge is -2.46. The van der Waals surface area contributed by atoms with Crippen molar-refractivity contribution in [2.75, 3.05) is 19.8 Å². The molecule has 3 aliphatic heterocycles. The third-order valence-electron chi connectivity index (χ3n) is 8.39. The topological polar surface area (TPSA) is 87.1 Å². The van der Waals surface area contributed by atoms with E-state index in [1.54, 1.807) is 22.7 Å². The number of thioether (sulfide) groups is 1. The lowest BCUT2D eigenvalue weighted by atomic mass is 9.66. The number of carbonyl (C=O) groups excluding carboxylic acids is 3. The number of aliphatic hydroxyl groups excluding tert-OH is 1. The van der Waals surface area contributed by atoms with Crippen molar-refractivity contribution in [3.8, 4) is 0 Å². The molecule has 3 saturated heterocycles. The number of hydrogen-bond acceptors (Lipinski definition) is 6. The molecule has 2 bridgehead atoms. The Balaban J connectivity index is 2.14. The molecule has 0 aliphatic carbocycles. The van der Waals surface area contributed by atoms with Gasteiger partial charge in [0.2, 0.25) is 11.8 Å². The Labute approximate surface area is 227 Å². The number of ether oxygens (including phenoxy) is 1. The van der Waals surface area contributed by atoms with E-state index in [9.17, 15) is 19.5 Å². The van der Waals surface area contributed by atoms with Crippen LogP contribution in [0.1, 0.15) is 74.1 Å². The number of aliphatic hydroxyl groups is 1. The van der Waals surface area contributed by atoms with Gasteiger partial charge in [0.15, 0.2) is 0 Å². The zero-order valence-corrected chi connectivity index (χ0v) is 24.5. The fourth-order valence-electron chi connectivity index (χ4n) is 7.34. The SMILES string of the molecule is C=CCOC(=O)[C@H]1[C@H]2C(=O)N([C@@H](CC)CO)C(C(=O)N(CC=C)C(C)(C)CC(C)(C)C)C23CC[C@]1(C)S3. The van der Waals surface area contributed by atoms with Gasteiger partial charge in [-0.05, 0) is 51.9 Å². The van der Waals surface area contributed by atoms with Crippen LogP contribution in [-0.2, 0) is 19.1 Å². The lowest BCUT2D eigenvalue weighted by Crippen LogP contribution is -2.61. The molecule has 3 aliphatic rings. The largest absolute Gasteiger partial charge is 0.461 e. The molecule has 1 N–H and O–H groups in total. The second kappa shape index (κ2) is 10.4. The van der Waals surface area contributed by atoms with E-state index in [2.05, 4.69) is 47.8 Å². The zero-order chi connectivity index (χ0) is 28.0. The van der Waals surface area contributed by atoms with Gasteiger partial charge in [0.05, 0.1) is 29.2 Å². The highest BCUT2D eigenvalue weighted by molar-refractivity contribution is 8.02. The van der Waals surface area contributed by atoms with Crippen LogP contribution >= 0.6 is 11.8 Å². The standard InChI is InChI=1S/C29H46N2O5S/c1-10-15-30(27(7,8)18-26(4,5)6)24(34)22-29-14-13-28(9,37-29)21(25(35)36-16-11-2)20(29)23(33)31(22)19(12-3)17-32/h10-11,19-22,32H,1-2,12-18H2,3-9H3/t19-,20-,21+,22?,28-,29?/m0/s1. The third-order valence-corrected chi connectivity index (χ3v) is 10.4. The number of fused-ring (bicyclic) bond motifs is 1. The number of rotatable bonds is 11. The molecule has 1 spiro atoms. The summed E-state index contributed by atoms with van der Waals surface area (Å²) < 4.78 is 4.25.